The number of nitrogens with one attached hydrogen (secondary N) is 1. The Bertz CT molecular complexity index is 669. The quantitative estimate of drug-likeness (QED) is 0.600. The van der Waals surface area contributed by atoms with Gasteiger partial charge >= 0.3 is 0 Å². The summed E-state index contributed by atoms with van der Waals surface area (Å²) in [6.45, 7) is 7.01. The van der Waals surface area contributed by atoms with Gasteiger partial charge in [-0.1, -0.05) is 25.4 Å². The molecule has 26 heavy (non-hydrogen) atoms. The van der Waals surface area contributed by atoms with Crippen LogP contribution in [0.1, 0.15) is 13.8 Å². The topological polar surface area (TPSA) is 87.3 Å². The van der Waals surface area contributed by atoms with Gasteiger partial charge in [0.25, 0.3) is 0 Å². The van der Waals surface area contributed by atoms with Crippen molar-refractivity contribution in [2.24, 2.45) is 22.1 Å². The van der Waals surface area contributed by atoms with Gasteiger partial charge in [-0.25, -0.2) is 0 Å². The number of guanidine groups is 1. The molecular weight excluding hydrogens is 358 g/mol. The minimum absolute atomic E-state index is 0.0875. The van der Waals surface area contributed by atoms with Gasteiger partial charge in [0, 0.05) is 18.2 Å². The van der Waals surface area contributed by atoms with E-state index in [-0.39, 0.29) is 11.3 Å². The van der Waals surface area contributed by atoms with Gasteiger partial charge in [0.05, 0.1) is 32.0 Å². The maximum atomic E-state index is 6.13. The number of ether oxygens (including phenoxy) is 4. The summed E-state index contributed by atoms with van der Waals surface area (Å²) in [5.41, 5.74) is 6.59. The first-order chi connectivity index (χ1) is 12.4. The van der Waals surface area contributed by atoms with Crippen LogP contribution >= 0.6 is 11.6 Å². The fourth-order valence-corrected chi connectivity index (χ4v) is 3.71. The molecule has 2 saturated heterocycles. The van der Waals surface area contributed by atoms with Gasteiger partial charge in [-0.3, -0.25) is 4.99 Å². The fraction of sp³-hybridized carbons (Fsp3) is 0.611. The molecule has 2 heterocycles. The third-order valence-electron chi connectivity index (χ3n) is 4.92. The van der Waals surface area contributed by atoms with Crippen LogP contribution in [0.25, 0.3) is 0 Å². The van der Waals surface area contributed by atoms with E-state index in [2.05, 4.69) is 24.2 Å². The summed E-state index contributed by atoms with van der Waals surface area (Å²) < 4.78 is 22.5. The van der Waals surface area contributed by atoms with Gasteiger partial charge in [0.2, 0.25) is 0 Å². The van der Waals surface area contributed by atoms with Gasteiger partial charge in [0.15, 0.2) is 11.7 Å². The minimum Gasteiger partial charge on any atom is -0.495 e. The van der Waals surface area contributed by atoms with Crippen LogP contribution in [-0.4, -0.2) is 51.8 Å². The van der Waals surface area contributed by atoms with Crippen LogP contribution in [0, 0.1) is 11.3 Å². The van der Waals surface area contributed by atoms with Crippen molar-refractivity contribution in [3.63, 3.8) is 0 Å². The van der Waals surface area contributed by atoms with E-state index in [1.165, 1.54) is 0 Å². The molecule has 0 amide bonds. The predicted molar refractivity (Wildman–Crippen MR) is 101 cm³/mol. The highest BCUT2D eigenvalue weighted by Crippen LogP contribution is 2.44. The molecule has 1 aromatic rings. The molecule has 0 aliphatic carbocycles. The lowest BCUT2D eigenvalue weighted by molar-refractivity contribution is -0.196. The Morgan fingerprint density at radius 3 is 2.81 bits per heavy atom. The number of halogens is 1. The third-order valence-corrected chi connectivity index (χ3v) is 5.21. The molecule has 0 saturated carbocycles. The number of benzene rings is 1. The Labute approximate surface area is 158 Å². The minimum atomic E-state index is -0.648. The summed E-state index contributed by atoms with van der Waals surface area (Å²) in [4.78, 5) is 4.50. The van der Waals surface area contributed by atoms with E-state index in [9.17, 15) is 0 Å². The summed E-state index contributed by atoms with van der Waals surface area (Å²) in [5, 5.41) is 3.56. The molecule has 7 nitrogen and oxygen atoms in total. The number of hydrogen-bond acceptors (Lipinski definition) is 5. The highest BCUT2D eigenvalue weighted by atomic mass is 35.5. The molecule has 3 N–H and O–H groups in total. The molecule has 2 fully saturated rings. The molecule has 8 heteroatoms. The van der Waals surface area contributed by atoms with Gasteiger partial charge in [0.1, 0.15) is 12.4 Å². The van der Waals surface area contributed by atoms with Crippen molar-refractivity contribution in [3.8, 4) is 5.75 Å². The zero-order valence-electron chi connectivity index (χ0n) is 15.4. The molecule has 2 aliphatic rings. The second-order valence-corrected chi connectivity index (χ2v) is 7.65. The van der Waals surface area contributed by atoms with Gasteiger partial charge in [-0.05, 0) is 23.6 Å². The molecule has 1 spiro atoms. The van der Waals surface area contributed by atoms with Crippen molar-refractivity contribution >= 4 is 23.2 Å². The number of nitrogens with two attached hydrogens (primary N) is 1. The Kier molecular flexibility index (Phi) is 5.62. The molecule has 3 rings (SSSR count). The standard InChI is InChI=1S/C18H26ClN3O4/c1-17(2,15-9-24-11-18(15)25-6-7-26-18)10-21-16(20)22-12-4-5-14(23-3)13(19)8-12/h4-5,8,15H,6-7,9-11H2,1-3H3,(H3,20,21,22). The zero-order valence-corrected chi connectivity index (χ0v) is 16.1. The Morgan fingerprint density at radius 1 is 1.42 bits per heavy atom. The zero-order chi connectivity index (χ0) is 18.8. The average molecular weight is 384 g/mol. The van der Waals surface area contributed by atoms with Gasteiger partial charge in [-0.15, -0.1) is 0 Å². The van der Waals surface area contributed by atoms with Crippen LogP contribution < -0.4 is 15.8 Å². The first-order valence-corrected chi connectivity index (χ1v) is 9.00. The van der Waals surface area contributed by atoms with Crippen LogP contribution in [0.3, 0.4) is 0 Å². The Balaban J connectivity index is 1.65. The van der Waals surface area contributed by atoms with E-state index in [1.54, 1.807) is 19.2 Å². The van der Waals surface area contributed by atoms with Crippen molar-refractivity contribution in [1.29, 1.82) is 0 Å². The number of anilines is 1. The lowest BCUT2D eigenvalue weighted by Crippen LogP contribution is -2.47. The van der Waals surface area contributed by atoms with Crippen LogP contribution in [0.15, 0.2) is 23.2 Å². The SMILES string of the molecule is COc1ccc(NC(N)=NCC(C)(C)C2COCC23OCCO3)cc1Cl. The molecule has 2 aliphatic heterocycles. The summed E-state index contributed by atoms with van der Waals surface area (Å²) in [5.74, 6) is 0.368. The number of aliphatic imine (C=N–C) groups is 1. The van der Waals surface area contributed by atoms with Crippen molar-refractivity contribution < 1.29 is 18.9 Å². The molecule has 1 atom stereocenters. The van der Waals surface area contributed by atoms with Crippen LogP contribution in [-0.2, 0) is 14.2 Å². The summed E-state index contributed by atoms with van der Waals surface area (Å²) >= 11 is 6.13. The lowest BCUT2D eigenvalue weighted by Gasteiger charge is -2.37. The highest BCUT2D eigenvalue weighted by molar-refractivity contribution is 6.32. The number of rotatable bonds is 5. The van der Waals surface area contributed by atoms with Crippen molar-refractivity contribution in [1.82, 2.24) is 0 Å². The Morgan fingerprint density at radius 2 is 2.15 bits per heavy atom. The average Bonchev–Trinajstić information content (AvgIpc) is 3.24. The van der Waals surface area contributed by atoms with Crippen LogP contribution in [0.2, 0.25) is 5.02 Å². The van der Waals surface area contributed by atoms with Crippen LogP contribution in [0.5, 0.6) is 5.75 Å². The monoisotopic (exact) mass is 383 g/mol. The molecule has 1 aromatic carbocycles. The van der Waals surface area contributed by atoms with E-state index in [0.717, 1.165) is 5.69 Å². The second kappa shape index (κ2) is 7.60. The Hall–Kier alpha value is -1.54. The lowest BCUT2D eigenvalue weighted by atomic mass is 9.75. The first-order valence-electron chi connectivity index (χ1n) is 8.62. The molecule has 0 bridgehead atoms. The number of nitrogens with zero attached hydrogens (tertiary/aromatic N) is 1. The molecule has 0 aromatic heterocycles. The van der Waals surface area contributed by atoms with Crippen molar-refractivity contribution in [2.75, 3.05) is 45.4 Å². The van der Waals surface area contributed by atoms with Crippen LogP contribution in [0.4, 0.5) is 5.69 Å². The second-order valence-electron chi connectivity index (χ2n) is 7.24. The smallest absolute Gasteiger partial charge is 0.197 e. The predicted octanol–water partition coefficient (Wildman–Crippen LogP) is 2.49. The molecule has 144 valence electrons. The summed E-state index contributed by atoms with van der Waals surface area (Å²) in [6.07, 6.45) is 0. The van der Waals surface area contributed by atoms with E-state index in [4.69, 9.17) is 36.3 Å². The fourth-order valence-electron chi connectivity index (χ4n) is 3.45. The molecule has 1 unspecified atom stereocenters. The first kappa shape index (κ1) is 19.2. The number of methoxy groups -OCH3 is 1. The van der Waals surface area contributed by atoms with E-state index in [0.29, 0.717) is 49.7 Å². The maximum absolute atomic E-state index is 6.13. The summed E-state index contributed by atoms with van der Waals surface area (Å²) in [6, 6.07) is 5.35. The van der Waals surface area contributed by atoms with Gasteiger partial charge < -0.3 is 30.0 Å². The van der Waals surface area contributed by atoms with Crippen molar-refractivity contribution in [3.05, 3.63) is 23.2 Å². The van der Waals surface area contributed by atoms with E-state index >= 15 is 0 Å². The third kappa shape index (κ3) is 3.91. The summed E-state index contributed by atoms with van der Waals surface area (Å²) in [7, 11) is 1.57. The molecular formula is C18H26ClN3O4. The number of hydrogen-bond donors (Lipinski definition) is 2. The normalized spacial score (nSPS) is 22.8. The maximum Gasteiger partial charge on any atom is 0.197 e. The van der Waals surface area contributed by atoms with Crippen molar-refractivity contribution in [2.45, 2.75) is 19.6 Å². The molecule has 0 radical (unpaired) electrons. The van der Waals surface area contributed by atoms with E-state index in [1.807, 2.05) is 6.07 Å². The largest absolute Gasteiger partial charge is 0.495 e. The van der Waals surface area contributed by atoms with E-state index < -0.39 is 5.79 Å². The van der Waals surface area contributed by atoms with Gasteiger partial charge in [-0.2, -0.15) is 0 Å². The highest BCUT2D eigenvalue weighted by Gasteiger charge is 2.55.